The van der Waals surface area contributed by atoms with Crippen LogP contribution >= 0.6 is 0 Å². The molecule has 4 rings (SSSR count). The van der Waals surface area contributed by atoms with Gasteiger partial charge in [-0.05, 0) is 47.9 Å². The van der Waals surface area contributed by atoms with E-state index in [1.54, 1.807) is 25.3 Å². The van der Waals surface area contributed by atoms with Crippen molar-refractivity contribution in [2.75, 3.05) is 31.0 Å². The molecule has 0 fully saturated rings. The van der Waals surface area contributed by atoms with E-state index in [2.05, 4.69) is 40.5 Å². The molecule has 1 heterocycles. The molecule has 0 saturated carbocycles. The van der Waals surface area contributed by atoms with Gasteiger partial charge in [0.15, 0.2) is 11.5 Å². The minimum absolute atomic E-state index is 0.375. The molecule has 0 spiro atoms. The van der Waals surface area contributed by atoms with Gasteiger partial charge in [-0.15, -0.1) is 0 Å². The Labute approximate surface area is 176 Å². The third-order valence-corrected chi connectivity index (χ3v) is 5.10. The number of rotatable bonds is 6. The van der Waals surface area contributed by atoms with E-state index in [9.17, 15) is 4.79 Å². The number of hydrogen-bond donors (Lipinski definition) is 1. The van der Waals surface area contributed by atoms with Crippen molar-refractivity contribution in [3.8, 4) is 17.2 Å². The monoisotopic (exact) mass is 404 g/mol. The zero-order valence-electron chi connectivity index (χ0n) is 17.1. The van der Waals surface area contributed by atoms with Crippen molar-refractivity contribution < 1.29 is 19.0 Å². The number of fused-ring (bicyclic) bond motifs is 1. The lowest BCUT2D eigenvalue weighted by Gasteiger charge is -2.19. The van der Waals surface area contributed by atoms with Gasteiger partial charge in [-0.2, -0.15) is 0 Å². The molecule has 1 aliphatic heterocycles. The predicted octanol–water partition coefficient (Wildman–Crippen LogP) is 4.88. The fourth-order valence-corrected chi connectivity index (χ4v) is 3.65. The number of anilines is 2. The Morgan fingerprint density at radius 2 is 1.77 bits per heavy atom. The first kappa shape index (κ1) is 19.6. The molecule has 1 aliphatic rings. The minimum Gasteiger partial charge on any atom is -0.493 e. The molecular weight excluding hydrogens is 380 g/mol. The van der Waals surface area contributed by atoms with E-state index in [0.717, 1.165) is 19.5 Å². The van der Waals surface area contributed by atoms with Gasteiger partial charge in [0.2, 0.25) is 0 Å². The molecule has 1 N–H and O–H groups in total. The van der Waals surface area contributed by atoms with Crippen LogP contribution in [0.2, 0.25) is 0 Å². The molecule has 6 nitrogen and oxygen atoms in total. The van der Waals surface area contributed by atoms with E-state index in [0.29, 0.717) is 22.9 Å². The van der Waals surface area contributed by atoms with Crippen molar-refractivity contribution in [3.05, 3.63) is 77.9 Å². The normalized spacial score (nSPS) is 12.3. The fraction of sp³-hybridized carbons (Fsp3) is 0.208. The summed E-state index contributed by atoms with van der Waals surface area (Å²) in [5.41, 5.74) is 4.42. The maximum absolute atomic E-state index is 12.3. The summed E-state index contributed by atoms with van der Waals surface area (Å²) in [5, 5.41) is 2.80. The van der Waals surface area contributed by atoms with Crippen molar-refractivity contribution >= 4 is 17.5 Å². The van der Waals surface area contributed by atoms with E-state index in [4.69, 9.17) is 14.2 Å². The molecule has 0 saturated heterocycles. The Balaban J connectivity index is 1.41. The summed E-state index contributed by atoms with van der Waals surface area (Å²) in [5.74, 6) is 1.45. The van der Waals surface area contributed by atoms with Crippen LogP contribution in [0, 0.1) is 0 Å². The topological polar surface area (TPSA) is 60.0 Å². The Bertz CT molecular complexity index is 1040. The average molecular weight is 404 g/mol. The van der Waals surface area contributed by atoms with E-state index < -0.39 is 6.09 Å². The Morgan fingerprint density at radius 3 is 2.53 bits per heavy atom. The second kappa shape index (κ2) is 8.78. The zero-order chi connectivity index (χ0) is 20.9. The molecule has 30 heavy (non-hydrogen) atoms. The quantitative estimate of drug-likeness (QED) is 0.635. The lowest BCUT2D eigenvalue weighted by molar-refractivity contribution is 0.215. The van der Waals surface area contributed by atoms with E-state index in [1.165, 1.54) is 23.9 Å². The second-order valence-corrected chi connectivity index (χ2v) is 7.03. The molecule has 0 unspecified atom stereocenters. The molecule has 3 aromatic carbocycles. The summed E-state index contributed by atoms with van der Waals surface area (Å²) in [4.78, 5) is 14.7. The molecule has 0 radical (unpaired) electrons. The fourth-order valence-electron chi connectivity index (χ4n) is 3.65. The molecule has 1 amide bonds. The largest absolute Gasteiger partial charge is 0.493 e. The molecule has 0 bridgehead atoms. The van der Waals surface area contributed by atoms with Crippen LogP contribution in [0.1, 0.15) is 11.1 Å². The SMILES string of the molecule is COc1ccc(OC(=O)Nc2ccc3c(c2)CCN3Cc2ccccc2)cc1OC. The van der Waals surface area contributed by atoms with Crippen molar-refractivity contribution in [1.82, 2.24) is 0 Å². The van der Waals surface area contributed by atoms with Crippen LogP contribution in [0.4, 0.5) is 16.2 Å². The van der Waals surface area contributed by atoms with Gasteiger partial charge in [0.05, 0.1) is 14.2 Å². The molecule has 0 atom stereocenters. The maximum Gasteiger partial charge on any atom is 0.417 e. The van der Waals surface area contributed by atoms with Crippen molar-refractivity contribution in [2.45, 2.75) is 13.0 Å². The number of hydrogen-bond acceptors (Lipinski definition) is 5. The van der Waals surface area contributed by atoms with Gasteiger partial charge < -0.3 is 19.1 Å². The van der Waals surface area contributed by atoms with Crippen LogP contribution in [-0.2, 0) is 13.0 Å². The Morgan fingerprint density at radius 1 is 0.967 bits per heavy atom. The summed E-state index contributed by atoms with van der Waals surface area (Å²) in [6.45, 7) is 1.84. The molecular formula is C24H24N2O4. The Kier molecular flexibility index (Phi) is 5.75. The number of carbonyl (C=O) groups is 1. The third kappa shape index (κ3) is 4.33. The highest BCUT2D eigenvalue weighted by molar-refractivity contribution is 5.87. The van der Waals surface area contributed by atoms with Crippen LogP contribution in [-0.4, -0.2) is 26.9 Å². The lowest BCUT2D eigenvalue weighted by atomic mass is 10.1. The number of methoxy groups -OCH3 is 2. The number of ether oxygens (including phenoxy) is 3. The van der Waals surface area contributed by atoms with E-state index in [1.807, 2.05) is 18.2 Å². The van der Waals surface area contributed by atoms with Crippen LogP contribution in [0.3, 0.4) is 0 Å². The van der Waals surface area contributed by atoms with Gasteiger partial charge in [-0.3, -0.25) is 5.32 Å². The standard InChI is InChI=1S/C24H24N2O4/c1-28-22-11-9-20(15-23(22)29-2)30-24(27)25-19-8-10-21-18(14-19)12-13-26(21)16-17-6-4-3-5-7-17/h3-11,14-15H,12-13,16H2,1-2H3,(H,25,27). The first-order valence-corrected chi connectivity index (χ1v) is 9.79. The zero-order valence-corrected chi connectivity index (χ0v) is 17.1. The lowest BCUT2D eigenvalue weighted by Crippen LogP contribution is -2.19. The van der Waals surface area contributed by atoms with Crippen LogP contribution < -0.4 is 24.4 Å². The summed E-state index contributed by atoms with van der Waals surface area (Å²) in [6.07, 6.45) is 0.392. The predicted molar refractivity (Wildman–Crippen MR) is 117 cm³/mol. The highest BCUT2D eigenvalue weighted by Gasteiger charge is 2.20. The maximum atomic E-state index is 12.3. The number of nitrogens with zero attached hydrogens (tertiary/aromatic N) is 1. The van der Waals surface area contributed by atoms with Gasteiger partial charge >= 0.3 is 6.09 Å². The van der Waals surface area contributed by atoms with Crippen molar-refractivity contribution in [1.29, 1.82) is 0 Å². The number of carbonyl (C=O) groups excluding carboxylic acids is 1. The third-order valence-electron chi connectivity index (χ3n) is 5.10. The highest BCUT2D eigenvalue weighted by Crippen LogP contribution is 2.33. The average Bonchev–Trinajstić information content (AvgIpc) is 3.16. The van der Waals surface area contributed by atoms with Gasteiger partial charge in [-0.1, -0.05) is 30.3 Å². The Hall–Kier alpha value is -3.67. The van der Waals surface area contributed by atoms with Crippen LogP contribution in [0.5, 0.6) is 17.2 Å². The number of benzene rings is 3. The smallest absolute Gasteiger partial charge is 0.417 e. The molecule has 0 aliphatic carbocycles. The van der Waals surface area contributed by atoms with Crippen molar-refractivity contribution in [2.24, 2.45) is 0 Å². The van der Waals surface area contributed by atoms with E-state index in [-0.39, 0.29) is 0 Å². The van der Waals surface area contributed by atoms with Crippen LogP contribution in [0.25, 0.3) is 0 Å². The van der Waals surface area contributed by atoms with Crippen molar-refractivity contribution in [3.63, 3.8) is 0 Å². The summed E-state index contributed by atoms with van der Waals surface area (Å²) in [6, 6.07) is 21.3. The summed E-state index contributed by atoms with van der Waals surface area (Å²) < 4.78 is 15.8. The molecule has 154 valence electrons. The van der Waals surface area contributed by atoms with Gasteiger partial charge in [-0.25, -0.2) is 4.79 Å². The minimum atomic E-state index is -0.554. The van der Waals surface area contributed by atoms with Gasteiger partial charge in [0, 0.05) is 30.5 Å². The molecule has 6 heteroatoms. The second-order valence-electron chi connectivity index (χ2n) is 7.03. The summed E-state index contributed by atoms with van der Waals surface area (Å²) in [7, 11) is 3.09. The number of amides is 1. The summed E-state index contributed by atoms with van der Waals surface area (Å²) >= 11 is 0. The molecule has 0 aromatic heterocycles. The first-order chi connectivity index (χ1) is 14.7. The van der Waals surface area contributed by atoms with Gasteiger partial charge in [0.25, 0.3) is 0 Å². The van der Waals surface area contributed by atoms with Gasteiger partial charge in [0.1, 0.15) is 5.75 Å². The molecule has 3 aromatic rings. The highest BCUT2D eigenvalue weighted by atomic mass is 16.6. The van der Waals surface area contributed by atoms with Crippen LogP contribution in [0.15, 0.2) is 66.7 Å². The number of nitrogens with one attached hydrogen (secondary N) is 1. The first-order valence-electron chi connectivity index (χ1n) is 9.79. The van der Waals surface area contributed by atoms with E-state index >= 15 is 0 Å².